The van der Waals surface area contributed by atoms with Crippen molar-refractivity contribution in [3.05, 3.63) is 24.5 Å². The maximum atomic E-state index is 12.8. The monoisotopic (exact) mass is 477 g/mol. The van der Waals surface area contributed by atoms with Crippen LogP contribution in [0.25, 0.3) is 10.9 Å². The number of nitrogens with zero attached hydrogens (tertiary/aromatic N) is 5. The molecule has 2 aliphatic heterocycles. The van der Waals surface area contributed by atoms with Gasteiger partial charge in [-0.15, -0.1) is 12.4 Å². The molecule has 2 amide bonds. The summed E-state index contributed by atoms with van der Waals surface area (Å²) in [6.45, 7) is 5.58. The van der Waals surface area contributed by atoms with Gasteiger partial charge in [-0.3, -0.25) is 19.4 Å². The summed E-state index contributed by atoms with van der Waals surface area (Å²) in [5, 5.41) is 1.19. The zero-order valence-electron chi connectivity index (χ0n) is 18.7. The molecule has 2 aromatic rings. The number of amides is 2. The van der Waals surface area contributed by atoms with Crippen LogP contribution in [0.2, 0.25) is 0 Å². The first-order chi connectivity index (χ1) is 15.1. The molecule has 0 N–H and O–H groups in total. The zero-order valence-corrected chi connectivity index (χ0v) is 20.3. The second kappa shape index (κ2) is 9.61. The van der Waals surface area contributed by atoms with Crippen LogP contribution in [0.15, 0.2) is 24.5 Å². The van der Waals surface area contributed by atoms with Crippen molar-refractivity contribution in [2.45, 2.75) is 43.3 Å². The Hall–Kier alpha value is -1.77. The van der Waals surface area contributed by atoms with E-state index in [1.165, 1.54) is 27.6 Å². The Morgan fingerprint density at radius 2 is 1.75 bits per heavy atom. The van der Waals surface area contributed by atoms with Gasteiger partial charge >= 0.3 is 0 Å². The lowest BCUT2D eigenvalue weighted by Gasteiger charge is -2.35. The number of thioether (sulfide) groups is 1. The summed E-state index contributed by atoms with van der Waals surface area (Å²) in [7, 11) is 2.07. The molecule has 5 rings (SSSR count). The van der Waals surface area contributed by atoms with Crippen molar-refractivity contribution in [3.63, 3.8) is 0 Å². The molecule has 0 atom stereocenters. The van der Waals surface area contributed by atoms with E-state index in [1.54, 1.807) is 0 Å². The Morgan fingerprint density at radius 1 is 1.03 bits per heavy atom. The predicted molar refractivity (Wildman–Crippen MR) is 132 cm³/mol. The third-order valence-corrected chi connectivity index (χ3v) is 8.49. The molecule has 3 fully saturated rings. The van der Waals surface area contributed by atoms with E-state index < -0.39 is 4.75 Å². The normalized spacial score (nSPS) is 21.2. The van der Waals surface area contributed by atoms with Crippen molar-refractivity contribution in [1.29, 1.82) is 0 Å². The fourth-order valence-corrected chi connectivity index (χ4v) is 6.59. The first kappa shape index (κ1) is 23.4. The molecule has 7 nitrogen and oxygen atoms in total. The maximum absolute atomic E-state index is 12.8. The smallest absolute Gasteiger partial charge is 0.289 e. The van der Waals surface area contributed by atoms with Gasteiger partial charge in [0.25, 0.3) is 5.24 Å². The number of hydrogen-bond acceptors (Lipinski definition) is 6. The van der Waals surface area contributed by atoms with Gasteiger partial charge < -0.3 is 9.47 Å². The van der Waals surface area contributed by atoms with E-state index in [2.05, 4.69) is 44.7 Å². The Morgan fingerprint density at radius 3 is 2.50 bits per heavy atom. The van der Waals surface area contributed by atoms with Crippen molar-refractivity contribution < 1.29 is 9.59 Å². The van der Waals surface area contributed by atoms with Gasteiger partial charge in [0.2, 0.25) is 5.91 Å². The van der Waals surface area contributed by atoms with E-state index in [9.17, 15) is 9.59 Å². The van der Waals surface area contributed by atoms with E-state index in [-0.39, 0.29) is 23.6 Å². The average molecular weight is 478 g/mol. The van der Waals surface area contributed by atoms with Crippen LogP contribution in [-0.2, 0) is 11.8 Å². The summed E-state index contributed by atoms with van der Waals surface area (Å²) in [5.41, 5.74) is 1.22. The van der Waals surface area contributed by atoms with Crippen molar-refractivity contribution >= 4 is 52.0 Å². The number of carbonyl (C=O) groups is 2. The van der Waals surface area contributed by atoms with Crippen LogP contribution in [0.4, 0.5) is 10.6 Å². The molecule has 1 aliphatic carbocycles. The average Bonchev–Trinajstić information content (AvgIpc) is 3.46. The maximum Gasteiger partial charge on any atom is 0.289 e. The molecule has 174 valence electrons. The molecule has 0 unspecified atom stereocenters. The molecule has 9 heteroatoms. The molecule has 1 spiro atoms. The lowest BCUT2D eigenvalue weighted by Crippen LogP contribution is -2.47. The van der Waals surface area contributed by atoms with Crippen molar-refractivity contribution in [2.24, 2.45) is 7.05 Å². The number of rotatable bonds is 6. The number of anilines is 1. The SMILES string of the molecule is Cl.Cn1ccc2c(N3CCN(CCCCN4C(=O)SC5(CCCC5)C4=O)CC3)nccc21. The number of pyridine rings is 1. The highest BCUT2D eigenvalue weighted by Gasteiger charge is 2.53. The quantitative estimate of drug-likeness (QED) is 0.588. The van der Waals surface area contributed by atoms with Crippen molar-refractivity contribution in [3.8, 4) is 0 Å². The standard InChI is InChI=1S/C23H31N5O2S.ClH/c1-25-13-7-18-19(25)6-10-24-20(18)27-16-14-26(15-17-27)11-4-5-12-28-21(29)23(31-22(28)30)8-2-3-9-23;/h6-7,10,13H,2-5,8-9,11-12,14-17H2,1H3;1H. The highest BCUT2D eigenvalue weighted by Crippen LogP contribution is 2.48. The Balaban J connectivity index is 0.00000245. The molecule has 4 heterocycles. The third-order valence-electron chi connectivity index (χ3n) is 7.12. The van der Waals surface area contributed by atoms with Crippen molar-refractivity contribution in [2.75, 3.05) is 44.2 Å². The first-order valence-electron chi connectivity index (χ1n) is 11.5. The Labute approximate surface area is 199 Å². The number of carbonyl (C=O) groups excluding carboxylic acids is 2. The van der Waals surface area contributed by atoms with E-state index in [4.69, 9.17) is 0 Å². The van der Waals surface area contributed by atoms with Crippen LogP contribution in [0.3, 0.4) is 0 Å². The lowest BCUT2D eigenvalue weighted by atomic mass is 10.1. The minimum atomic E-state index is -0.414. The number of halogens is 1. The fourth-order valence-electron chi connectivity index (χ4n) is 5.28. The number of unbranched alkanes of at least 4 members (excludes halogenated alkanes) is 1. The predicted octanol–water partition coefficient (Wildman–Crippen LogP) is 3.91. The molecule has 2 saturated heterocycles. The van der Waals surface area contributed by atoms with Gasteiger partial charge in [-0.25, -0.2) is 4.98 Å². The van der Waals surface area contributed by atoms with E-state index in [1.807, 2.05) is 6.20 Å². The van der Waals surface area contributed by atoms with Crippen LogP contribution in [-0.4, -0.2) is 74.5 Å². The molecule has 0 bridgehead atoms. The summed E-state index contributed by atoms with van der Waals surface area (Å²) >= 11 is 1.29. The van der Waals surface area contributed by atoms with Crippen LogP contribution in [0.5, 0.6) is 0 Å². The summed E-state index contributed by atoms with van der Waals surface area (Å²) < 4.78 is 1.72. The van der Waals surface area contributed by atoms with Gasteiger partial charge in [-0.2, -0.15) is 0 Å². The molecule has 1 saturated carbocycles. The minimum Gasteiger partial charge on any atom is -0.353 e. The zero-order chi connectivity index (χ0) is 21.4. The summed E-state index contributed by atoms with van der Waals surface area (Å²) in [5.74, 6) is 1.17. The number of hydrogen-bond donors (Lipinski definition) is 0. The van der Waals surface area contributed by atoms with Crippen molar-refractivity contribution in [1.82, 2.24) is 19.4 Å². The Bertz CT molecular complexity index is 982. The summed E-state index contributed by atoms with van der Waals surface area (Å²) in [6, 6.07) is 4.22. The van der Waals surface area contributed by atoms with Gasteiger partial charge in [-0.1, -0.05) is 12.8 Å². The van der Waals surface area contributed by atoms with E-state index >= 15 is 0 Å². The number of fused-ring (bicyclic) bond motifs is 1. The summed E-state index contributed by atoms with van der Waals surface area (Å²) in [6.07, 6.45) is 9.78. The highest BCUT2D eigenvalue weighted by molar-refractivity contribution is 8.16. The molecular weight excluding hydrogens is 446 g/mol. The van der Waals surface area contributed by atoms with Gasteiger partial charge in [0.05, 0.1) is 5.52 Å². The fraction of sp³-hybridized carbons (Fsp3) is 0.609. The molecule has 2 aromatic heterocycles. The molecular formula is C23H32ClN5O2S. The second-order valence-electron chi connectivity index (χ2n) is 9.06. The molecule has 0 aromatic carbocycles. The van der Waals surface area contributed by atoms with E-state index in [0.29, 0.717) is 6.54 Å². The minimum absolute atomic E-state index is 0. The second-order valence-corrected chi connectivity index (χ2v) is 10.4. The van der Waals surface area contributed by atoms with Crippen LogP contribution >= 0.6 is 24.2 Å². The number of aryl methyl sites for hydroxylation is 1. The first-order valence-corrected chi connectivity index (χ1v) is 12.3. The van der Waals surface area contributed by atoms with Gasteiger partial charge in [0.15, 0.2) is 0 Å². The van der Waals surface area contributed by atoms with Crippen LogP contribution in [0, 0.1) is 0 Å². The Kier molecular flexibility index (Phi) is 7.03. The van der Waals surface area contributed by atoms with Crippen LogP contribution in [0.1, 0.15) is 38.5 Å². The van der Waals surface area contributed by atoms with Gasteiger partial charge in [0, 0.05) is 57.6 Å². The van der Waals surface area contributed by atoms with E-state index in [0.717, 1.165) is 77.1 Å². The molecule has 3 aliphatic rings. The van der Waals surface area contributed by atoms with Gasteiger partial charge in [0.1, 0.15) is 10.6 Å². The highest BCUT2D eigenvalue weighted by atomic mass is 35.5. The topological polar surface area (TPSA) is 61.7 Å². The van der Waals surface area contributed by atoms with Crippen LogP contribution < -0.4 is 4.90 Å². The largest absolute Gasteiger partial charge is 0.353 e. The molecule has 0 radical (unpaired) electrons. The number of imide groups is 1. The number of piperazine rings is 1. The lowest BCUT2D eigenvalue weighted by molar-refractivity contribution is -0.129. The molecule has 32 heavy (non-hydrogen) atoms. The third kappa shape index (κ3) is 4.24. The van der Waals surface area contributed by atoms with Gasteiger partial charge in [-0.05, 0) is 56.1 Å². The summed E-state index contributed by atoms with van der Waals surface area (Å²) in [4.78, 5) is 36.2. The number of aromatic nitrogens is 2.